The van der Waals surface area contributed by atoms with Crippen molar-refractivity contribution in [2.24, 2.45) is 0 Å². The van der Waals surface area contributed by atoms with Gasteiger partial charge in [0.25, 0.3) is 5.91 Å². The van der Waals surface area contributed by atoms with E-state index in [0.717, 1.165) is 5.56 Å². The fourth-order valence-electron chi connectivity index (χ4n) is 2.15. The molecule has 0 aliphatic carbocycles. The zero-order valence-corrected chi connectivity index (χ0v) is 12.0. The monoisotopic (exact) mass is 307 g/mol. The summed E-state index contributed by atoms with van der Waals surface area (Å²) in [6, 6.07) is 12.8. The molecule has 1 amide bonds. The molecule has 0 unspecified atom stereocenters. The molecule has 0 aliphatic heterocycles. The average molecular weight is 307 g/mol. The van der Waals surface area contributed by atoms with Gasteiger partial charge in [-0.2, -0.15) is 13.2 Å². The molecule has 0 radical (unpaired) electrons. The number of carbonyl (C=O) groups excluding carboxylic acids is 1. The highest BCUT2D eigenvalue weighted by atomic mass is 19.4. The van der Waals surface area contributed by atoms with Crippen LogP contribution in [0.3, 0.4) is 0 Å². The molecule has 2 nitrogen and oxygen atoms in total. The van der Waals surface area contributed by atoms with Crippen LogP contribution in [0.15, 0.2) is 54.6 Å². The normalized spacial score (nSPS) is 12.7. The molecule has 0 spiro atoms. The lowest BCUT2D eigenvalue weighted by atomic mass is 10.0. The van der Waals surface area contributed by atoms with Crippen LogP contribution >= 0.6 is 0 Å². The van der Waals surface area contributed by atoms with Crippen molar-refractivity contribution in [3.63, 3.8) is 0 Å². The molecule has 2 aromatic carbocycles. The van der Waals surface area contributed by atoms with Gasteiger partial charge in [-0.25, -0.2) is 0 Å². The van der Waals surface area contributed by atoms with Gasteiger partial charge in [0.05, 0.1) is 0 Å². The third-order valence-electron chi connectivity index (χ3n) is 3.26. The Hall–Kier alpha value is -2.30. The lowest BCUT2D eigenvalue weighted by Gasteiger charge is -2.22. The van der Waals surface area contributed by atoms with Crippen LogP contribution in [0.5, 0.6) is 0 Å². The third-order valence-corrected chi connectivity index (χ3v) is 3.26. The molecule has 1 N–H and O–H groups in total. The predicted molar refractivity (Wildman–Crippen MR) is 78.6 cm³/mol. The van der Waals surface area contributed by atoms with Gasteiger partial charge < -0.3 is 5.32 Å². The number of rotatable bonds is 4. The summed E-state index contributed by atoms with van der Waals surface area (Å²) in [5.41, 5.74) is 1.63. The first-order valence-corrected chi connectivity index (χ1v) is 6.84. The Kier molecular flexibility index (Phi) is 4.85. The Labute approximate surface area is 127 Å². The van der Waals surface area contributed by atoms with Crippen LogP contribution in [-0.2, 0) is 6.42 Å². The maximum Gasteiger partial charge on any atom is 0.408 e. The molecule has 0 aromatic heterocycles. The van der Waals surface area contributed by atoms with Crippen molar-refractivity contribution in [3.8, 4) is 0 Å². The summed E-state index contributed by atoms with van der Waals surface area (Å²) in [6.45, 7) is 1.81. The second kappa shape index (κ2) is 6.64. The molecule has 1 atom stereocenters. The van der Waals surface area contributed by atoms with Crippen molar-refractivity contribution in [1.29, 1.82) is 0 Å². The molecule has 2 aromatic rings. The number of alkyl halides is 3. The fraction of sp³-hybridized carbons (Fsp3) is 0.235. The second-order valence-electron chi connectivity index (χ2n) is 5.13. The topological polar surface area (TPSA) is 29.1 Å². The van der Waals surface area contributed by atoms with Gasteiger partial charge in [0.2, 0.25) is 0 Å². The molecule has 116 valence electrons. The van der Waals surface area contributed by atoms with Crippen molar-refractivity contribution in [3.05, 3.63) is 71.3 Å². The van der Waals surface area contributed by atoms with E-state index in [1.807, 2.05) is 13.0 Å². The van der Waals surface area contributed by atoms with Crippen molar-refractivity contribution in [2.45, 2.75) is 25.6 Å². The largest absolute Gasteiger partial charge is 0.408 e. The highest BCUT2D eigenvalue weighted by molar-refractivity contribution is 5.94. The number of amides is 1. The van der Waals surface area contributed by atoms with Crippen LogP contribution in [-0.4, -0.2) is 18.1 Å². The Morgan fingerprint density at radius 3 is 2.36 bits per heavy atom. The van der Waals surface area contributed by atoms with E-state index in [2.05, 4.69) is 5.32 Å². The SMILES string of the molecule is Cc1cccc(C[C@@H](NC(=O)c2ccccc2)C(F)(F)F)c1. The molecule has 0 bridgehead atoms. The molecule has 0 aliphatic rings. The smallest absolute Gasteiger partial charge is 0.340 e. The van der Waals surface area contributed by atoms with Crippen molar-refractivity contribution in [2.75, 3.05) is 0 Å². The Bertz CT molecular complexity index is 638. The lowest BCUT2D eigenvalue weighted by molar-refractivity contribution is -0.153. The Morgan fingerprint density at radius 1 is 1.09 bits per heavy atom. The van der Waals surface area contributed by atoms with Crippen molar-refractivity contribution in [1.82, 2.24) is 5.32 Å². The molecule has 0 saturated carbocycles. The van der Waals surface area contributed by atoms with Crippen LogP contribution in [0.2, 0.25) is 0 Å². The summed E-state index contributed by atoms with van der Waals surface area (Å²) >= 11 is 0. The molecule has 0 heterocycles. The van der Waals surface area contributed by atoms with Crippen LogP contribution in [0.1, 0.15) is 21.5 Å². The van der Waals surface area contributed by atoms with Crippen LogP contribution in [0.4, 0.5) is 13.2 Å². The first-order valence-electron chi connectivity index (χ1n) is 6.84. The van der Waals surface area contributed by atoms with E-state index in [4.69, 9.17) is 0 Å². The summed E-state index contributed by atoms with van der Waals surface area (Å²) < 4.78 is 39.5. The number of hydrogen-bond donors (Lipinski definition) is 1. The van der Waals surface area contributed by atoms with E-state index in [1.54, 1.807) is 36.4 Å². The van der Waals surface area contributed by atoms with Gasteiger partial charge >= 0.3 is 6.18 Å². The zero-order valence-electron chi connectivity index (χ0n) is 12.0. The molecular weight excluding hydrogens is 291 g/mol. The minimum absolute atomic E-state index is 0.209. The van der Waals surface area contributed by atoms with Gasteiger partial charge in [-0.1, -0.05) is 48.0 Å². The van der Waals surface area contributed by atoms with Gasteiger partial charge in [0, 0.05) is 12.0 Å². The van der Waals surface area contributed by atoms with Crippen LogP contribution in [0, 0.1) is 6.92 Å². The van der Waals surface area contributed by atoms with Crippen molar-refractivity contribution < 1.29 is 18.0 Å². The van der Waals surface area contributed by atoms with E-state index in [-0.39, 0.29) is 12.0 Å². The summed E-state index contributed by atoms with van der Waals surface area (Å²) in [5.74, 6) is -0.726. The first kappa shape index (κ1) is 16.1. The molecule has 2 rings (SSSR count). The fourth-order valence-corrected chi connectivity index (χ4v) is 2.15. The van der Waals surface area contributed by atoms with Gasteiger partial charge in [-0.15, -0.1) is 0 Å². The van der Waals surface area contributed by atoms with Crippen LogP contribution in [0.25, 0.3) is 0 Å². The zero-order chi connectivity index (χ0) is 16.2. The quantitative estimate of drug-likeness (QED) is 0.912. The minimum Gasteiger partial charge on any atom is -0.340 e. The van der Waals surface area contributed by atoms with Gasteiger partial charge in [-0.05, 0) is 24.6 Å². The number of nitrogens with one attached hydrogen (secondary N) is 1. The maximum absolute atomic E-state index is 13.2. The maximum atomic E-state index is 13.2. The van der Waals surface area contributed by atoms with E-state index >= 15 is 0 Å². The van der Waals surface area contributed by atoms with Crippen LogP contribution < -0.4 is 5.32 Å². The van der Waals surface area contributed by atoms with E-state index < -0.39 is 18.1 Å². The average Bonchev–Trinajstić information content (AvgIpc) is 2.46. The number of aryl methyl sites for hydroxylation is 1. The number of carbonyl (C=O) groups is 1. The molecule has 5 heteroatoms. The molecule has 22 heavy (non-hydrogen) atoms. The van der Waals surface area contributed by atoms with Gasteiger partial charge in [-0.3, -0.25) is 4.79 Å². The first-order chi connectivity index (χ1) is 10.4. The number of hydrogen-bond acceptors (Lipinski definition) is 1. The summed E-state index contributed by atoms with van der Waals surface area (Å²) in [7, 11) is 0. The Balaban J connectivity index is 2.15. The minimum atomic E-state index is -4.51. The summed E-state index contributed by atoms with van der Waals surface area (Å²) in [5, 5.41) is 2.08. The number of benzene rings is 2. The van der Waals surface area contributed by atoms with Gasteiger partial charge in [0.1, 0.15) is 6.04 Å². The summed E-state index contributed by atoms with van der Waals surface area (Å²) in [4.78, 5) is 11.9. The molecule has 0 saturated heterocycles. The van der Waals surface area contributed by atoms with E-state index in [0.29, 0.717) is 5.56 Å². The Morgan fingerprint density at radius 2 is 1.77 bits per heavy atom. The standard InChI is InChI=1S/C17H16F3NO/c1-12-6-5-7-13(10-12)11-15(17(18,19)20)21-16(22)14-8-3-2-4-9-14/h2-10,15H,11H2,1H3,(H,21,22)/t15-/m1/s1. The summed E-state index contributed by atoms with van der Waals surface area (Å²) in [6.07, 6.45) is -4.79. The van der Waals surface area contributed by atoms with Gasteiger partial charge in [0.15, 0.2) is 0 Å². The molecule has 0 fully saturated rings. The van der Waals surface area contributed by atoms with E-state index in [1.165, 1.54) is 12.1 Å². The lowest BCUT2D eigenvalue weighted by Crippen LogP contribution is -2.46. The third kappa shape index (κ3) is 4.35. The highest BCUT2D eigenvalue weighted by Gasteiger charge is 2.40. The highest BCUT2D eigenvalue weighted by Crippen LogP contribution is 2.24. The molecular formula is C17H16F3NO. The predicted octanol–water partition coefficient (Wildman–Crippen LogP) is 3.90. The van der Waals surface area contributed by atoms with E-state index in [9.17, 15) is 18.0 Å². The number of halogens is 3. The second-order valence-corrected chi connectivity index (χ2v) is 5.13. The van der Waals surface area contributed by atoms with Crippen molar-refractivity contribution >= 4 is 5.91 Å².